The third-order valence-electron chi connectivity index (χ3n) is 10.3. The molecule has 0 atom stereocenters. The van der Waals surface area contributed by atoms with Gasteiger partial charge in [-0.1, -0.05) is 121 Å². The highest BCUT2D eigenvalue weighted by molar-refractivity contribution is 6.16. The van der Waals surface area contributed by atoms with Crippen LogP contribution in [0.3, 0.4) is 0 Å². The van der Waals surface area contributed by atoms with E-state index in [-0.39, 0.29) is 0 Å². The summed E-state index contributed by atoms with van der Waals surface area (Å²) in [6, 6.07) is 62.1. The lowest BCUT2D eigenvalue weighted by Crippen LogP contribution is -2.10. The summed E-state index contributed by atoms with van der Waals surface area (Å²) in [6.45, 7) is 0. The molecule has 0 N–H and O–H groups in total. The minimum atomic E-state index is 0.555. The molecule has 0 aliphatic carbocycles. The lowest BCUT2D eigenvalue weighted by atomic mass is 10.0. The third kappa shape index (κ3) is 5.31. The van der Waals surface area contributed by atoms with Crippen LogP contribution in [0.15, 0.2) is 191 Å². The Balaban J connectivity index is 1.22. The fraction of sp³-hybridized carbons (Fsp3) is 0. The number of fused-ring (bicyclic) bond motifs is 7. The van der Waals surface area contributed by atoms with Crippen molar-refractivity contribution in [1.29, 1.82) is 0 Å². The molecular weight excluding hydrogens is 677 g/mol. The maximum atomic E-state index is 6.82. The van der Waals surface area contributed by atoms with E-state index in [9.17, 15) is 0 Å². The molecule has 258 valence electrons. The van der Waals surface area contributed by atoms with E-state index in [4.69, 9.17) is 23.8 Å². The molecule has 55 heavy (non-hydrogen) atoms. The van der Waals surface area contributed by atoms with E-state index in [0.29, 0.717) is 17.5 Å². The second kappa shape index (κ2) is 12.5. The highest BCUT2D eigenvalue weighted by atomic mass is 16.3. The maximum absolute atomic E-state index is 6.82. The highest BCUT2D eigenvalue weighted by Gasteiger charge is 2.23. The second-order valence-electron chi connectivity index (χ2n) is 13.7. The van der Waals surface area contributed by atoms with Gasteiger partial charge in [0.2, 0.25) is 0 Å². The van der Waals surface area contributed by atoms with Crippen LogP contribution in [0.5, 0.6) is 0 Å². The summed E-state index contributed by atoms with van der Waals surface area (Å²) in [5.41, 5.74) is 8.75. The summed E-state index contributed by atoms with van der Waals surface area (Å²) in [7, 11) is 0. The van der Waals surface area contributed by atoms with Crippen LogP contribution in [0.1, 0.15) is 0 Å². The first-order valence-corrected chi connectivity index (χ1v) is 18.3. The zero-order valence-electron chi connectivity index (χ0n) is 29.4. The lowest BCUT2D eigenvalue weighted by Gasteiger charge is -2.26. The number of anilines is 3. The summed E-state index contributed by atoms with van der Waals surface area (Å²) in [5, 5.41) is 6.29. The van der Waals surface area contributed by atoms with Crippen LogP contribution in [0, 0.1) is 0 Å². The quantitative estimate of drug-likeness (QED) is 0.171. The SMILES string of the molecule is c1ccc(-c2nc(-c3ccccc3)nc(-c3cc(N(c4ccccc4)c4ccc5oc6ccccc6c5c4)cc4oc5cc6ccccc6cc5c34)n2)cc1. The molecule has 0 amide bonds. The second-order valence-corrected chi connectivity index (χ2v) is 13.7. The molecule has 0 saturated heterocycles. The Morgan fingerprint density at radius 1 is 0.345 bits per heavy atom. The normalized spacial score (nSPS) is 11.6. The molecule has 0 bridgehead atoms. The Morgan fingerprint density at radius 2 is 0.927 bits per heavy atom. The van der Waals surface area contributed by atoms with Crippen molar-refractivity contribution in [1.82, 2.24) is 15.0 Å². The van der Waals surface area contributed by atoms with E-state index in [2.05, 4.69) is 102 Å². The van der Waals surface area contributed by atoms with Crippen LogP contribution in [0.2, 0.25) is 0 Å². The zero-order valence-corrected chi connectivity index (χ0v) is 29.4. The van der Waals surface area contributed by atoms with E-state index in [1.807, 2.05) is 84.9 Å². The molecule has 0 saturated carbocycles. The van der Waals surface area contributed by atoms with Gasteiger partial charge in [0.1, 0.15) is 22.3 Å². The average molecular weight is 707 g/mol. The van der Waals surface area contributed by atoms with E-state index >= 15 is 0 Å². The molecule has 8 aromatic carbocycles. The number of rotatable bonds is 6. The van der Waals surface area contributed by atoms with Crippen molar-refractivity contribution in [2.75, 3.05) is 4.90 Å². The van der Waals surface area contributed by atoms with Crippen molar-refractivity contribution in [2.45, 2.75) is 0 Å². The van der Waals surface area contributed by atoms with Crippen molar-refractivity contribution in [3.63, 3.8) is 0 Å². The Morgan fingerprint density at radius 3 is 1.65 bits per heavy atom. The van der Waals surface area contributed by atoms with Crippen molar-refractivity contribution in [3.05, 3.63) is 182 Å². The predicted octanol–water partition coefficient (Wildman–Crippen LogP) is 13.3. The molecule has 0 unspecified atom stereocenters. The minimum absolute atomic E-state index is 0.555. The molecule has 6 nitrogen and oxygen atoms in total. The standard InChI is InChI=1S/C49H30N4O2/c1-4-14-31(15-5-1)47-50-48(32-16-6-2-7-17-32)52-49(51-47)41-29-37(30-45-46(41)40-26-33-18-10-11-19-34(33)27-44(40)55-45)53(35-20-8-3-9-21-35)36-24-25-43-39(28-36)38-22-12-13-23-42(38)54-43/h1-30H. The van der Waals surface area contributed by atoms with Crippen LogP contribution in [0.25, 0.3) is 88.8 Å². The van der Waals surface area contributed by atoms with Crippen LogP contribution in [0.4, 0.5) is 17.1 Å². The number of benzene rings is 8. The van der Waals surface area contributed by atoms with E-state index < -0.39 is 0 Å². The Hall–Kier alpha value is -7.57. The van der Waals surface area contributed by atoms with Crippen LogP contribution in [-0.2, 0) is 0 Å². The summed E-state index contributed by atoms with van der Waals surface area (Å²) in [6.07, 6.45) is 0. The Bertz CT molecular complexity index is 3150. The highest BCUT2D eigenvalue weighted by Crippen LogP contribution is 2.45. The largest absolute Gasteiger partial charge is 0.456 e. The lowest BCUT2D eigenvalue weighted by molar-refractivity contribution is 0.668. The van der Waals surface area contributed by atoms with Crippen LogP contribution < -0.4 is 4.90 Å². The smallest absolute Gasteiger partial charge is 0.164 e. The van der Waals surface area contributed by atoms with Gasteiger partial charge in [-0.3, -0.25) is 0 Å². The molecule has 11 rings (SSSR count). The maximum Gasteiger partial charge on any atom is 0.164 e. The summed E-state index contributed by atoms with van der Waals surface area (Å²) >= 11 is 0. The summed E-state index contributed by atoms with van der Waals surface area (Å²) in [4.78, 5) is 17.7. The number of nitrogens with zero attached hydrogens (tertiary/aromatic N) is 4. The van der Waals surface area contributed by atoms with E-state index in [1.54, 1.807) is 0 Å². The Labute approximate surface area is 315 Å². The summed E-state index contributed by atoms with van der Waals surface area (Å²) < 4.78 is 13.1. The number of hydrogen-bond acceptors (Lipinski definition) is 6. The molecule has 0 aliphatic rings. The van der Waals surface area contributed by atoms with Gasteiger partial charge in [0, 0.05) is 55.7 Å². The van der Waals surface area contributed by atoms with Gasteiger partial charge in [-0.2, -0.15) is 0 Å². The molecule has 3 aromatic heterocycles. The molecule has 0 aliphatic heterocycles. The van der Waals surface area contributed by atoms with Gasteiger partial charge in [-0.25, -0.2) is 15.0 Å². The topological polar surface area (TPSA) is 68.2 Å². The molecule has 11 aromatic rings. The van der Waals surface area contributed by atoms with Crippen molar-refractivity contribution < 1.29 is 8.83 Å². The van der Waals surface area contributed by atoms with Crippen molar-refractivity contribution in [3.8, 4) is 34.2 Å². The van der Waals surface area contributed by atoms with Gasteiger partial charge < -0.3 is 13.7 Å². The average Bonchev–Trinajstić information content (AvgIpc) is 3.81. The minimum Gasteiger partial charge on any atom is -0.456 e. The van der Waals surface area contributed by atoms with Gasteiger partial charge in [0.15, 0.2) is 17.5 Å². The molecule has 0 radical (unpaired) electrons. The molecule has 6 heteroatoms. The number of aromatic nitrogens is 3. The third-order valence-corrected chi connectivity index (χ3v) is 10.3. The monoisotopic (exact) mass is 706 g/mol. The van der Waals surface area contributed by atoms with Crippen LogP contribution >= 0.6 is 0 Å². The number of furan rings is 2. The first-order valence-electron chi connectivity index (χ1n) is 18.3. The number of para-hydroxylation sites is 2. The van der Waals surface area contributed by atoms with Gasteiger partial charge >= 0.3 is 0 Å². The fourth-order valence-corrected chi connectivity index (χ4v) is 7.69. The predicted molar refractivity (Wildman–Crippen MR) is 223 cm³/mol. The van der Waals surface area contributed by atoms with Gasteiger partial charge in [0.25, 0.3) is 0 Å². The zero-order chi connectivity index (χ0) is 36.3. The summed E-state index contributed by atoms with van der Waals surface area (Å²) in [5.74, 6) is 1.75. The van der Waals surface area contributed by atoms with Gasteiger partial charge in [0.05, 0.1) is 5.69 Å². The molecule has 0 fully saturated rings. The van der Waals surface area contributed by atoms with Gasteiger partial charge in [-0.05, 0) is 65.4 Å². The fourth-order valence-electron chi connectivity index (χ4n) is 7.69. The van der Waals surface area contributed by atoms with Crippen molar-refractivity contribution >= 4 is 71.7 Å². The first-order chi connectivity index (χ1) is 27.2. The van der Waals surface area contributed by atoms with E-state index in [0.717, 1.165) is 88.4 Å². The van der Waals surface area contributed by atoms with Crippen molar-refractivity contribution in [2.24, 2.45) is 0 Å². The molecule has 0 spiro atoms. The first kappa shape index (κ1) is 31.0. The van der Waals surface area contributed by atoms with Crippen LogP contribution in [-0.4, -0.2) is 15.0 Å². The molecular formula is C49H30N4O2. The molecule has 3 heterocycles. The van der Waals surface area contributed by atoms with E-state index in [1.165, 1.54) is 0 Å². The van der Waals surface area contributed by atoms with Gasteiger partial charge in [-0.15, -0.1) is 0 Å². The number of hydrogen-bond donors (Lipinski definition) is 0. The Kier molecular flexibility index (Phi) is 7.07.